The second kappa shape index (κ2) is 6.22. The Morgan fingerprint density at radius 2 is 2.00 bits per heavy atom. The van der Waals surface area contributed by atoms with E-state index in [0.29, 0.717) is 23.7 Å². The Balaban J connectivity index is 1.59. The van der Waals surface area contributed by atoms with Gasteiger partial charge < -0.3 is 19.8 Å². The molecule has 3 rings (SSSR count). The Morgan fingerprint density at radius 1 is 1.14 bits per heavy atom. The molecule has 2 N–H and O–H groups in total. The van der Waals surface area contributed by atoms with Crippen LogP contribution in [0.4, 0.5) is 10.5 Å². The van der Waals surface area contributed by atoms with Gasteiger partial charge in [0, 0.05) is 17.1 Å². The van der Waals surface area contributed by atoms with E-state index in [1.807, 2.05) is 42.5 Å². The molecule has 0 aliphatic rings. The topological polar surface area (TPSA) is 63.5 Å². The maximum absolute atomic E-state index is 11.9. The van der Waals surface area contributed by atoms with Gasteiger partial charge in [-0.3, -0.25) is 0 Å². The van der Waals surface area contributed by atoms with Crippen LogP contribution in [-0.2, 0) is 6.54 Å². The summed E-state index contributed by atoms with van der Waals surface area (Å²) in [6.45, 7) is 0.324. The lowest BCUT2D eigenvalue weighted by Crippen LogP contribution is -2.27. The lowest BCUT2D eigenvalue weighted by molar-refractivity contribution is 0.251. The van der Waals surface area contributed by atoms with Crippen molar-refractivity contribution in [3.05, 3.63) is 60.4 Å². The van der Waals surface area contributed by atoms with Crippen molar-refractivity contribution in [1.29, 1.82) is 0 Å². The second-order valence-corrected chi connectivity index (χ2v) is 4.79. The summed E-state index contributed by atoms with van der Waals surface area (Å²) in [6, 6.07) is 16.5. The number of benzene rings is 2. The third-order valence-electron chi connectivity index (χ3n) is 3.23. The summed E-state index contributed by atoms with van der Waals surface area (Å²) in [5.41, 5.74) is 1.48. The molecule has 1 aromatic heterocycles. The number of urea groups is 1. The lowest BCUT2D eigenvalue weighted by atomic mass is 10.2. The molecule has 0 unspecified atom stereocenters. The third-order valence-corrected chi connectivity index (χ3v) is 3.23. The number of para-hydroxylation sites is 1. The molecule has 3 aromatic rings. The number of carbonyl (C=O) groups excluding carboxylic acids is 1. The van der Waals surface area contributed by atoms with E-state index in [4.69, 9.17) is 9.15 Å². The molecular weight excluding hydrogens is 280 g/mol. The van der Waals surface area contributed by atoms with Crippen LogP contribution in [0.1, 0.15) is 5.76 Å². The zero-order chi connectivity index (χ0) is 15.4. The van der Waals surface area contributed by atoms with Crippen molar-refractivity contribution in [3.63, 3.8) is 0 Å². The Hall–Kier alpha value is -2.95. The largest absolute Gasteiger partial charge is 0.497 e. The first-order chi connectivity index (χ1) is 10.7. The number of amides is 2. The molecule has 0 bridgehead atoms. The average molecular weight is 296 g/mol. The van der Waals surface area contributed by atoms with Crippen molar-refractivity contribution in [1.82, 2.24) is 5.32 Å². The van der Waals surface area contributed by atoms with Crippen LogP contribution in [0.3, 0.4) is 0 Å². The number of fused-ring (bicyclic) bond motifs is 1. The number of hydrogen-bond donors (Lipinski definition) is 2. The molecule has 0 saturated heterocycles. The van der Waals surface area contributed by atoms with Crippen molar-refractivity contribution in [2.24, 2.45) is 0 Å². The average Bonchev–Trinajstić information content (AvgIpc) is 2.96. The standard InChI is InChI=1S/C17H16N2O3/c1-21-14-7-4-6-13(10-14)19-17(20)18-11-15-9-12-5-2-3-8-16(12)22-15/h2-10H,11H2,1H3,(H2,18,19,20). The van der Waals surface area contributed by atoms with E-state index in [0.717, 1.165) is 11.0 Å². The van der Waals surface area contributed by atoms with Crippen LogP contribution in [0, 0.1) is 0 Å². The quantitative estimate of drug-likeness (QED) is 0.770. The summed E-state index contributed by atoms with van der Waals surface area (Å²) in [4.78, 5) is 11.9. The van der Waals surface area contributed by atoms with Crippen molar-refractivity contribution in [3.8, 4) is 5.75 Å². The molecule has 2 amide bonds. The highest BCUT2D eigenvalue weighted by molar-refractivity contribution is 5.89. The molecule has 0 aliphatic carbocycles. The molecule has 0 atom stereocenters. The second-order valence-electron chi connectivity index (χ2n) is 4.79. The van der Waals surface area contributed by atoms with E-state index in [1.54, 1.807) is 19.2 Å². The molecule has 0 spiro atoms. The summed E-state index contributed by atoms with van der Waals surface area (Å²) in [7, 11) is 1.58. The highest BCUT2D eigenvalue weighted by Gasteiger charge is 2.06. The number of methoxy groups -OCH3 is 1. The van der Waals surface area contributed by atoms with Gasteiger partial charge in [-0.1, -0.05) is 24.3 Å². The van der Waals surface area contributed by atoms with E-state index in [1.165, 1.54) is 0 Å². The maximum Gasteiger partial charge on any atom is 0.319 e. The fraction of sp³-hybridized carbons (Fsp3) is 0.118. The Bertz CT molecular complexity index is 762. The summed E-state index contributed by atoms with van der Waals surface area (Å²) < 4.78 is 10.8. The van der Waals surface area contributed by atoms with E-state index < -0.39 is 0 Å². The predicted octanol–water partition coefficient (Wildman–Crippen LogP) is 3.76. The predicted molar refractivity (Wildman–Crippen MR) is 85.1 cm³/mol. The fourth-order valence-electron chi connectivity index (χ4n) is 2.17. The Labute approximate surface area is 127 Å². The van der Waals surface area contributed by atoms with Gasteiger partial charge in [0.2, 0.25) is 0 Å². The van der Waals surface area contributed by atoms with Crippen LogP contribution < -0.4 is 15.4 Å². The van der Waals surface area contributed by atoms with Crippen LogP contribution in [0.5, 0.6) is 5.75 Å². The Morgan fingerprint density at radius 3 is 2.82 bits per heavy atom. The normalized spacial score (nSPS) is 10.4. The number of furan rings is 1. The highest BCUT2D eigenvalue weighted by Crippen LogP contribution is 2.19. The van der Waals surface area contributed by atoms with E-state index in [9.17, 15) is 4.79 Å². The number of carbonyl (C=O) groups is 1. The number of rotatable bonds is 4. The zero-order valence-electron chi connectivity index (χ0n) is 12.1. The molecular formula is C17H16N2O3. The van der Waals surface area contributed by atoms with Gasteiger partial charge in [-0.05, 0) is 24.3 Å². The van der Waals surface area contributed by atoms with Crippen LogP contribution in [0.15, 0.2) is 59.0 Å². The highest BCUT2D eigenvalue weighted by atomic mass is 16.5. The number of ether oxygens (including phenoxy) is 1. The van der Waals surface area contributed by atoms with Crippen LogP contribution in [-0.4, -0.2) is 13.1 Å². The number of anilines is 1. The van der Waals surface area contributed by atoms with Gasteiger partial charge in [-0.15, -0.1) is 0 Å². The van der Waals surface area contributed by atoms with Gasteiger partial charge in [-0.25, -0.2) is 4.79 Å². The monoisotopic (exact) mass is 296 g/mol. The minimum Gasteiger partial charge on any atom is -0.497 e. The SMILES string of the molecule is COc1cccc(NC(=O)NCc2cc3ccccc3o2)c1. The fourth-order valence-corrected chi connectivity index (χ4v) is 2.17. The lowest BCUT2D eigenvalue weighted by Gasteiger charge is -2.07. The summed E-state index contributed by atoms with van der Waals surface area (Å²) in [5.74, 6) is 1.40. The van der Waals surface area contributed by atoms with Gasteiger partial charge in [0.25, 0.3) is 0 Å². The van der Waals surface area contributed by atoms with Gasteiger partial charge in [-0.2, -0.15) is 0 Å². The van der Waals surface area contributed by atoms with Gasteiger partial charge in [0.1, 0.15) is 17.1 Å². The minimum absolute atomic E-state index is 0.297. The molecule has 0 aliphatic heterocycles. The minimum atomic E-state index is -0.297. The third kappa shape index (κ3) is 3.20. The van der Waals surface area contributed by atoms with Gasteiger partial charge in [0.05, 0.1) is 13.7 Å². The smallest absolute Gasteiger partial charge is 0.319 e. The van der Waals surface area contributed by atoms with Crippen molar-refractivity contribution in [2.45, 2.75) is 6.54 Å². The molecule has 5 nitrogen and oxygen atoms in total. The van der Waals surface area contributed by atoms with Crippen molar-refractivity contribution in [2.75, 3.05) is 12.4 Å². The Kier molecular flexibility index (Phi) is 3.96. The van der Waals surface area contributed by atoms with E-state index in [2.05, 4.69) is 10.6 Å². The van der Waals surface area contributed by atoms with Crippen LogP contribution in [0.2, 0.25) is 0 Å². The van der Waals surface area contributed by atoms with Gasteiger partial charge >= 0.3 is 6.03 Å². The first-order valence-corrected chi connectivity index (χ1v) is 6.91. The first-order valence-electron chi connectivity index (χ1n) is 6.91. The van der Waals surface area contributed by atoms with Crippen molar-refractivity contribution < 1.29 is 13.9 Å². The molecule has 1 heterocycles. The van der Waals surface area contributed by atoms with Crippen molar-refractivity contribution >= 4 is 22.7 Å². The number of hydrogen-bond acceptors (Lipinski definition) is 3. The van der Waals surface area contributed by atoms with E-state index >= 15 is 0 Å². The van der Waals surface area contributed by atoms with Crippen LogP contribution >= 0.6 is 0 Å². The van der Waals surface area contributed by atoms with E-state index in [-0.39, 0.29) is 6.03 Å². The molecule has 2 aromatic carbocycles. The molecule has 5 heteroatoms. The summed E-state index contributed by atoms with van der Waals surface area (Å²) in [5, 5.41) is 6.53. The van der Waals surface area contributed by atoms with Gasteiger partial charge in [0.15, 0.2) is 0 Å². The molecule has 22 heavy (non-hydrogen) atoms. The summed E-state index contributed by atoms with van der Waals surface area (Å²) in [6.07, 6.45) is 0. The summed E-state index contributed by atoms with van der Waals surface area (Å²) >= 11 is 0. The number of nitrogens with one attached hydrogen (secondary N) is 2. The molecule has 0 radical (unpaired) electrons. The molecule has 0 fully saturated rings. The first kappa shape index (κ1) is 14.0. The zero-order valence-corrected chi connectivity index (χ0v) is 12.1. The molecule has 112 valence electrons. The van der Waals surface area contributed by atoms with Crippen LogP contribution in [0.25, 0.3) is 11.0 Å². The molecule has 0 saturated carbocycles. The maximum atomic E-state index is 11.9.